The molecule has 0 aromatic carbocycles. The molecule has 29 heavy (non-hydrogen) atoms. The summed E-state index contributed by atoms with van der Waals surface area (Å²) >= 11 is 0. The molecule has 1 fully saturated rings. The van der Waals surface area contributed by atoms with Crippen LogP contribution in [0.4, 0.5) is 13.2 Å². The minimum Gasteiger partial charge on any atom is -0.469 e. The molecule has 0 saturated carbocycles. The van der Waals surface area contributed by atoms with Gasteiger partial charge >= 0.3 is 15.5 Å². The maximum absolute atomic E-state index is 12.7. The van der Waals surface area contributed by atoms with Crippen molar-refractivity contribution in [2.24, 2.45) is 10.9 Å². The highest BCUT2D eigenvalue weighted by molar-refractivity contribution is 7.90. The van der Waals surface area contributed by atoms with Crippen LogP contribution in [0.15, 0.2) is 27.8 Å². The van der Waals surface area contributed by atoms with Gasteiger partial charge in [0.05, 0.1) is 6.26 Å². The molecule has 2 heterocycles. The molecular weight excluding hydrogens is 409 g/mol. The average Bonchev–Trinajstić information content (AvgIpc) is 3.19. The third-order valence-corrected chi connectivity index (χ3v) is 6.41. The van der Waals surface area contributed by atoms with Crippen molar-refractivity contribution in [3.8, 4) is 0 Å². The van der Waals surface area contributed by atoms with Crippen molar-refractivity contribution in [3.05, 3.63) is 24.2 Å². The number of rotatable bonds is 9. The third kappa shape index (κ3) is 7.22. The van der Waals surface area contributed by atoms with Gasteiger partial charge in [-0.25, -0.2) is 8.42 Å². The monoisotopic (exact) mass is 438 g/mol. The van der Waals surface area contributed by atoms with E-state index in [-0.39, 0.29) is 19.0 Å². The third-order valence-electron chi connectivity index (χ3n) is 4.78. The van der Waals surface area contributed by atoms with Crippen LogP contribution in [0.25, 0.3) is 0 Å². The van der Waals surface area contributed by atoms with Crippen LogP contribution in [0.2, 0.25) is 0 Å². The summed E-state index contributed by atoms with van der Waals surface area (Å²) in [5, 5.41) is 6.48. The first-order valence-electron chi connectivity index (χ1n) is 9.85. The van der Waals surface area contributed by atoms with Gasteiger partial charge < -0.3 is 15.1 Å². The molecule has 1 aliphatic rings. The van der Waals surface area contributed by atoms with Crippen LogP contribution in [0.5, 0.6) is 0 Å². The Morgan fingerprint density at radius 3 is 2.55 bits per heavy atom. The Morgan fingerprint density at radius 2 is 1.97 bits per heavy atom. The fourth-order valence-electron chi connectivity index (χ4n) is 3.02. The summed E-state index contributed by atoms with van der Waals surface area (Å²) in [7, 11) is -5.24. The van der Waals surface area contributed by atoms with E-state index in [1.54, 1.807) is 6.26 Å². The molecule has 0 radical (unpaired) electrons. The molecule has 1 aromatic rings. The van der Waals surface area contributed by atoms with Gasteiger partial charge in [0.1, 0.15) is 5.76 Å². The maximum Gasteiger partial charge on any atom is 0.511 e. The molecule has 11 heteroatoms. The molecule has 0 spiro atoms. The summed E-state index contributed by atoms with van der Waals surface area (Å²) in [5.41, 5.74) is -5.24. The van der Waals surface area contributed by atoms with Gasteiger partial charge in [-0.2, -0.15) is 17.5 Å². The number of nitrogens with one attached hydrogen (secondary N) is 2. The zero-order valence-corrected chi connectivity index (χ0v) is 17.4. The fourth-order valence-corrected chi connectivity index (χ4v) is 4.00. The zero-order valence-electron chi connectivity index (χ0n) is 16.5. The summed E-state index contributed by atoms with van der Waals surface area (Å²) in [6.07, 6.45) is 5.07. The van der Waals surface area contributed by atoms with Gasteiger partial charge in [0.15, 0.2) is 5.96 Å². The Hall–Kier alpha value is -1.75. The summed E-state index contributed by atoms with van der Waals surface area (Å²) in [4.78, 5) is 4.55. The van der Waals surface area contributed by atoms with Crippen LogP contribution in [0, 0.1) is 5.92 Å². The van der Waals surface area contributed by atoms with E-state index in [0.29, 0.717) is 42.6 Å². The second kappa shape index (κ2) is 10.9. The van der Waals surface area contributed by atoms with Crippen molar-refractivity contribution in [2.75, 3.05) is 32.7 Å². The lowest BCUT2D eigenvalue weighted by atomic mass is 9.98. The number of furan rings is 1. The maximum atomic E-state index is 12.7. The first kappa shape index (κ1) is 23.5. The number of hydrogen-bond donors (Lipinski definition) is 2. The van der Waals surface area contributed by atoms with Gasteiger partial charge in [-0.05, 0) is 37.3 Å². The Labute approximate surface area is 169 Å². The molecular formula is C18H29F3N4O3S. The number of unbranched alkanes of at least 4 members (excludes halogenated alkanes) is 1. The summed E-state index contributed by atoms with van der Waals surface area (Å²) in [6, 6.07) is 3.72. The molecule has 0 unspecified atom stereocenters. The number of nitrogens with zero attached hydrogens (tertiary/aromatic N) is 2. The van der Waals surface area contributed by atoms with Crippen molar-refractivity contribution in [1.29, 1.82) is 0 Å². The van der Waals surface area contributed by atoms with E-state index in [0.717, 1.165) is 25.1 Å². The molecule has 0 bridgehead atoms. The van der Waals surface area contributed by atoms with Crippen molar-refractivity contribution in [3.63, 3.8) is 0 Å². The molecule has 2 rings (SSSR count). The van der Waals surface area contributed by atoms with E-state index in [2.05, 4.69) is 22.5 Å². The SMILES string of the molecule is CCCCNC(=NCC1CCN(S(=O)(=O)C(F)(F)F)CC1)NCCc1ccco1. The van der Waals surface area contributed by atoms with Crippen molar-refractivity contribution >= 4 is 16.0 Å². The number of aliphatic imine (C=N–C) groups is 1. The van der Waals surface area contributed by atoms with E-state index in [4.69, 9.17) is 4.42 Å². The summed E-state index contributed by atoms with van der Waals surface area (Å²) in [5.74, 6) is 1.56. The second-order valence-electron chi connectivity index (χ2n) is 7.02. The quantitative estimate of drug-likeness (QED) is 0.352. The van der Waals surface area contributed by atoms with Gasteiger partial charge in [0.25, 0.3) is 0 Å². The predicted octanol–water partition coefficient (Wildman–Crippen LogP) is 2.72. The van der Waals surface area contributed by atoms with Crippen LogP contribution in [-0.4, -0.2) is 56.9 Å². The number of halogens is 3. The lowest BCUT2D eigenvalue weighted by molar-refractivity contribution is -0.0496. The van der Waals surface area contributed by atoms with Crippen LogP contribution >= 0.6 is 0 Å². The summed E-state index contributed by atoms with van der Waals surface area (Å²) in [6.45, 7) is 3.66. The minimum absolute atomic E-state index is 0.0459. The highest BCUT2D eigenvalue weighted by atomic mass is 32.2. The number of alkyl halides is 3. The van der Waals surface area contributed by atoms with Gasteiger partial charge in [0.2, 0.25) is 0 Å². The van der Waals surface area contributed by atoms with Crippen LogP contribution in [0.1, 0.15) is 38.4 Å². The van der Waals surface area contributed by atoms with Gasteiger partial charge in [0, 0.05) is 39.1 Å². The van der Waals surface area contributed by atoms with Gasteiger partial charge in [-0.1, -0.05) is 13.3 Å². The Kier molecular flexibility index (Phi) is 8.81. The van der Waals surface area contributed by atoms with Crippen LogP contribution in [0.3, 0.4) is 0 Å². The normalized spacial score (nSPS) is 17.4. The van der Waals surface area contributed by atoms with Crippen LogP contribution in [-0.2, 0) is 16.4 Å². The number of guanidine groups is 1. The predicted molar refractivity (Wildman–Crippen MR) is 105 cm³/mol. The molecule has 1 aromatic heterocycles. The van der Waals surface area contributed by atoms with E-state index < -0.39 is 15.5 Å². The van der Waals surface area contributed by atoms with Gasteiger partial charge in [-0.15, -0.1) is 0 Å². The Balaban J connectivity index is 1.84. The molecule has 1 aliphatic heterocycles. The van der Waals surface area contributed by atoms with Crippen LogP contribution < -0.4 is 10.6 Å². The fraction of sp³-hybridized carbons (Fsp3) is 0.722. The number of sulfonamides is 1. The Morgan fingerprint density at radius 1 is 1.28 bits per heavy atom. The molecule has 0 aliphatic carbocycles. The van der Waals surface area contributed by atoms with E-state index in [1.165, 1.54) is 0 Å². The molecule has 7 nitrogen and oxygen atoms in total. The van der Waals surface area contributed by atoms with Crippen molar-refractivity contribution < 1.29 is 26.0 Å². The van der Waals surface area contributed by atoms with Crippen molar-refractivity contribution in [1.82, 2.24) is 14.9 Å². The average molecular weight is 439 g/mol. The molecule has 1 saturated heterocycles. The Bertz CT molecular complexity index is 728. The lowest BCUT2D eigenvalue weighted by Gasteiger charge is -2.30. The molecule has 2 N–H and O–H groups in total. The standard InChI is InChI=1S/C18H29F3N4O3S/c1-2-3-9-22-17(23-10-6-16-5-4-13-28-16)24-14-15-7-11-25(12-8-15)29(26,27)18(19,20)21/h4-5,13,15H,2-3,6-12,14H2,1H3,(H2,22,23,24). The van der Waals surface area contributed by atoms with Gasteiger partial charge in [-0.3, -0.25) is 4.99 Å². The molecule has 166 valence electrons. The van der Waals surface area contributed by atoms with E-state index in [1.807, 2.05) is 12.1 Å². The second-order valence-corrected chi connectivity index (χ2v) is 8.95. The number of piperidine rings is 1. The lowest BCUT2D eigenvalue weighted by Crippen LogP contribution is -2.45. The highest BCUT2D eigenvalue weighted by Gasteiger charge is 2.50. The molecule has 0 atom stereocenters. The van der Waals surface area contributed by atoms with E-state index in [9.17, 15) is 21.6 Å². The summed E-state index contributed by atoms with van der Waals surface area (Å²) < 4.78 is 66.8. The van der Waals surface area contributed by atoms with Crippen molar-refractivity contribution in [2.45, 2.75) is 44.5 Å². The minimum atomic E-state index is -5.24. The first-order chi connectivity index (χ1) is 13.7. The first-order valence-corrected chi connectivity index (χ1v) is 11.3. The largest absolute Gasteiger partial charge is 0.511 e. The molecule has 0 amide bonds. The topological polar surface area (TPSA) is 86.9 Å². The van der Waals surface area contributed by atoms with E-state index >= 15 is 0 Å². The number of hydrogen-bond acceptors (Lipinski definition) is 4. The smallest absolute Gasteiger partial charge is 0.469 e. The highest BCUT2D eigenvalue weighted by Crippen LogP contribution is 2.30. The zero-order chi connectivity index (χ0) is 21.3.